The van der Waals surface area contributed by atoms with Gasteiger partial charge in [-0.25, -0.2) is 8.42 Å². The standard InChI is InChI=1S/C12H14ClNO4S2/c13-10-6-20(17,18)7-11(10)14-12(16)5-19-9-3-1-2-8(15)4-9/h1-4,10-11,15H,5-7H2,(H,14,16). The quantitative estimate of drug-likeness (QED) is 0.633. The van der Waals surface area contributed by atoms with E-state index in [0.29, 0.717) is 0 Å². The number of hydrogen-bond donors (Lipinski definition) is 2. The van der Waals surface area contributed by atoms with Crippen LogP contribution in [0.15, 0.2) is 29.2 Å². The van der Waals surface area contributed by atoms with Gasteiger partial charge in [-0.05, 0) is 18.2 Å². The summed E-state index contributed by atoms with van der Waals surface area (Å²) >= 11 is 7.17. The average Bonchev–Trinajstić information content (AvgIpc) is 2.60. The van der Waals surface area contributed by atoms with Crippen LogP contribution in [0.25, 0.3) is 0 Å². The topological polar surface area (TPSA) is 83.5 Å². The number of amides is 1. The largest absolute Gasteiger partial charge is 0.508 e. The zero-order chi connectivity index (χ0) is 14.8. The highest BCUT2D eigenvalue weighted by Crippen LogP contribution is 2.22. The number of carbonyl (C=O) groups is 1. The SMILES string of the molecule is O=C(CSc1cccc(O)c1)NC1CS(=O)(=O)CC1Cl. The molecule has 0 radical (unpaired) electrons. The van der Waals surface area contributed by atoms with Crippen LogP contribution in [0.1, 0.15) is 0 Å². The van der Waals surface area contributed by atoms with Gasteiger partial charge in [0.15, 0.2) is 9.84 Å². The highest BCUT2D eigenvalue weighted by Gasteiger charge is 2.37. The predicted octanol–water partition coefficient (Wildman–Crippen LogP) is 1.00. The zero-order valence-corrected chi connectivity index (χ0v) is 12.8. The number of hydrogen-bond acceptors (Lipinski definition) is 5. The van der Waals surface area contributed by atoms with Crippen molar-refractivity contribution < 1.29 is 18.3 Å². The number of benzene rings is 1. The van der Waals surface area contributed by atoms with Gasteiger partial charge >= 0.3 is 0 Å². The third-order valence-electron chi connectivity index (χ3n) is 2.82. The summed E-state index contributed by atoms with van der Waals surface area (Å²) in [7, 11) is -3.15. The molecule has 8 heteroatoms. The maximum atomic E-state index is 11.8. The number of phenolic OH excluding ortho intramolecular Hbond substituents is 1. The monoisotopic (exact) mass is 335 g/mol. The molecule has 2 unspecified atom stereocenters. The summed E-state index contributed by atoms with van der Waals surface area (Å²) in [6.45, 7) is 0. The second kappa shape index (κ2) is 6.24. The molecule has 2 rings (SSSR count). The fourth-order valence-electron chi connectivity index (χ4n) is 1.91. The van der Waals surface area contributed by atoms with E-state index >= 15 is 0 Å². The number of nitrogens with one attached hydrogen (secondary N) is 1. The van der Waals surface area contributed by atoms with Crippen LogP contribution in [0.2, 0.25) is 0 Å². The minimum Gasteiger partial charge on any atom is -0.508 e. The number of carbonyl (C=O) groups excluding carboxylic acids is 1. The van der Waals surface area contributed by atoms with Crippen molar-refractivity contribution in [3.63, 3.8) is 0 Å². The number of thioether (sulfide) groups is 1. The lowest BCUT2D eigenvalue weighted by Gasteiger charge is -2.14. The van der Waals surface area contributed by atoms with Crippen LogP contribution in [0.5, 0.6) is 5.75 Å². The molecule has 110 valence electrons. The lowest BCUT2D eigenvalue weighted by atomic mass is 10.2. The molecule has 1 aromatic rings. The van der Waals surface area contributed by atoms with Crippen LogP contribution >= 0.6 is 23.4 Å². The molecule has 5 nitrogen and oxygen atoms in total. The third kappa shape index (κ3) is 4.29. The van der Waals surface area contributed by atoms with Crippen LogP contribution in [0.3, 0.4) is 0 Å². The van der Waals surface area contributed by atoms with E-state index in [9.17, 15) is 18.3 Å². The molecule has 0 aromatic heterocycles. The lowest BCUT2D eigenvalue weighted by molar-refractivity contribution is -0.119. The maximum Gasteiger partial charge on any atom is 0.230 e. The summed E-state index contributed by atoms with van der Waals surface area (Å²) in [6.07, 6.45) is 0. The van der Waals surface area contributed by atoms with Crippen molar-refractivity contribution >= 4 is 39.1 Å². The van der Waals surface area contributed by atoms with Gasteiger partial charge in [0.1, 0.15) is 5.75 Å². The van der Waals surface area contributed by atoms with Gasteiger partial charge < -0.3 is 10.4 Å². The number of halogens is 1. The van der Waals surface area contributed by atoms with Gasteiger partial charge in [-0.2, -0.15) is 0 Å². The van der Waals surface area contributed by atoms with Crippen molar-refractivity contribution in [3.05, 3.63) is 24.3 Å². The average molecular weight is 336 g/mol. The Morgan fingerprint density at radius 1 is 1.45 bits per heavy atom. The van der Waals surface area contributed by atoms with Crippen LogP contribution in [0.4, 0.5) is 0 Å². The van der Waals surface area contributed by atoms with Gasteiger partial charge in [0.2, 0.25) is 5.91 Å². The fraction of sp³-hybridized carbons (Fsp3) is 0.417. The fourth-order valence-corrected chi connectivity index (χ4v) is 5.22. The van der Waals surface area contributed by atoms with Crippen molar-refractivity contribution in [2.75, 3.05) is 17.3 Å². The van der Waals surface area contributed by atoms with E-state index in [1.807, 2.05) is 0 Å². The molecule has 2 atom stereocenters. The van der Waals surface area contributed by atoms with E-state index in [0.717, 1.165) is 4.90 Å². The van der Waals surface area contributed by atoms with Crippen LogP contribution < -0.4 is 5.32 Å². The number of rotatable bonds is 4. The van der Waals surface area contributed by atoms with Gasteiger partial charge in [-0.1, -0.05) is 6.07 Å². The van der Waals surface area contributed by atoms with E-state index in [4.69, 9.17) is 11.6 Å². The first-order valence-corrected chi connectivity index (χ1v) is 9.16. The Labute approximate surface area is 126 Å². The Hall–Kier alpha value is -0.920. The van der Waals surface area contributed by atoms with Crippen molar-refractivity contribution in [3.8, 4) is 5.75 Å². The molecular weight excluding hydrogens is 322 g/mol. The Balaban J connectivity index is 1.84. The summed E-state index contributed by atoms with van der Waals surface area (Å²) in [4.78, 5) is 12.5. The van der Waals surface area contributed by atoms with Crippen LogP contribution in [-0.2, 0) is 14.6 Å². The van der Waals surface area contributed by atoms with Gasteiger partial charge in [-0.15, -0.1) is 23.4 Å². The van der Waals surface area contributed by atoms with Crippen molar-refractivity contribution in [2.45, 2.75) is 16.3 Å². The number of alkyl halides is 1. The molecule has 0 spiro atoms. The minimum absolute atomic E-state index is 0.0980. The molecule has 1 amide bonds. The Kier molecular flexibility index (Phi) is 4.82. The Morgan fingerprint density at radius 3 is 2.80 bits per heavy atom. The maximum absolute atomic E-state index is 11.8. The summed E-state index contributed by atoms with van der Waals surface area (Å²) in [6, 6.07) is 6.04. The molecule has 1 heterocycles. The molecule has 1 saturated heterocycles. The molecule has 1 aromatic carbocycles. The Morgan fingerprint density at radius 2 is 2.20 bits per heavy atom. The molecule has 1 aliphatic rings. The second-order valence-corrected chi connectivity index (χ2v) is 8.32. The Bertz CT molecular complexity index is 605. The van der Waals surface area contributed by atoms with E-state index in [-0.39, 0.29) is 28.9 Å². The molecule has 1 fully saturated rings. The molecule has 20 heavy (non-hydrogen) atoms. The number of phenols is 1. The summed E-state index contributed by atoms with van der Waals surface area (Å²) < 4.78 is 22.8. The molecular formula is C12H14ClNO4S2. The van der Waals surface area contributed by atoms with E-state index in [2.05, 4.69) is 5.32 Å². The minimum atomic E-state index is -3.15. The first-order valence-electron chi connectivity index (χ1n) is 5.91. The second-order valence-electron chi connectivity index (χ2n) is 4.55. The lowest BCUT2D eigenvalue weighted by Crippen LogP contribution is -2.41. The normalized spacial score (nSPS) is 24.4. The zero-order valence-electron chi connectivity index (χ0n) is 10.5. The highest BCUT2D eigenvalue weighted by molar-refractivity contribution is 8.00. The van der Waals surface area contributed by atoms with Gasteiger partial charge in [0, 0.05) is 4.90 Å². The van der Waals surface area contributed by atoms with E-state index in [1.54, 1.807) is 24.3 Å². The summed E-state index contributed by atoms with van der Waals surface area (Å²) in [5, 5.41) is 11.4. The smallest absolute Gasteiger partial charge is 0.230 e. The van der Waals surface area contributed by atoms with E-state index in [1.165, 1.54) is 11.8 Å². The molecule has 0 aliphatic carbocycles. The van der Waals surface area contributed by atoms with Crippen molar-refractivity contribution in [1.29, 1.82) is 0 Å². The third-order valence-corrected chi connectivity index (χ3v) is 6.19. The summed E-state index contributed by atoms with van der Waals surface area (Å²) in [5.41, 5.74) is 0. The van der Waals surface area contributed by atoms with E-state index < -0.39 is 21.3 Å². The first-order chi connectivity index (χ1) is 9.35. The van der Waals surface area contributed by atoms with Crippen LogP contribution in [0, 0.1) is 0 Å². The van der Waals surface area contributed by atoms with Gasteiger partial charge in [-0.3, -0.25) is 4.79 Å². The first kappa shape index (κ1) is 15.5. The van der Waals surface area contributed by atoms with Crippen molar-refractivity contribution in [1.82, 2.24) is 5.32 Å². The number of sulfone groups is 1. The van der Waals surface area contributed by atoms with Crippen LogP contribution in [-0.4, -0.2) is 48.1 Å². The van der Waals surface area contributed by atoms with Crippen molar-refractivity contribution in [2.24, 2.45) is 0 Å². The molecule has 0 saturated carbocycles. The molecule has 0 bridgehead atoms. The number of aromatic hydroxyl groups is 1. The van der Waals surface area contributed by atoms with Gasteiger partial charge in [0.05, 0.1) is 28.7 Å². The predicted molar refractivity (Wildman–Crippen MR) is 79.1 cm³/mol. The molecule has 2 N–H and O–H groups in total. The van der Waals surface area contributed by atoms with Gasteiger partial charge in [0.25, 0.3) is 0 Å². The summed E-state index contributed by atoms with van der Waals surface area (Å²) in [5.74, 6) is -0.198. The molecule has 1 aliphatic heterocycles. The highest BCUT2D eigenvalue weighted by atomic mass is 35.5.